The number of rotatable bonds is 13. The first-order valence-corrected chi connectivity index (χ1v) is 12.9. The maximum atomic E-state index is 10.3. The number of carboxylic acids is 3. The van der Waals surface area contributed by atoms with Gasteiger partial charge in [0.15, 0.2) is 11.4 Å². The van der Waals surface area contributed by atoms with Gasteiger partial charge in [0, 0.05) is 54.6 Å². The number of aryl methyl sites for hydroxylation is 1. The average Bonchev–Trinajstić information content (AvgIpc) is 3.36. The van der Waals surface area contributed by atoms with Crippen molar-refractivity contribution in [3.8, 4) is 11.4 Å². The summed E-state index contributed by atoms with van der Waals surface area (Å²) in [4.78, 5) is 45.8. The van der Waals surface area contributed by atoms with Crippen LogP contribution in [0.4, 0.5) is 0 Å². The minimum atomic E-state index is -2.74. The van der Waals surface area contributed by atoms with Crippen molar-refractivity contribution in [3.05, 3.63) is 70.2 Å². The molecule has 0 atom stereocenters. The van der Waals surface area contributed by atoms with Crippen molar-refractivity contribution >= 4 is 29.2 Å². The predicted molar refractivity (Wildman–Crippen MR) is 146 cm³/mol. The van der Waals surface area contributed by atoms with Crippen LogP contribution in [-0.2, 0) is 27.5 Å². The Morgan fingerprint density at radius 1 is 0.897 bits per heavy atom. The van der Waals surface area contributed by atoms with Crippen molar-refractivity contribution in [2.75, 3.05) is 27.2 Å². The van der Waals surface area contributed by atoms with E-state index in [0.29, 0.717) is 0 Å². The monoisotopic (exact) mass is 558 g/mol. The van der Waals surface area contributed by atoms with E-state index in [1.165, 1.54) is 10.4 Å². The Bertz CT molecular complexity index is 1200. The van der Waals surface area contributed by atoms with Crippen LogP contribution < -0.4 is 0 Å². The first-order valence-electron chi connectivity index (χ1n) is 12.1. The van der Waals surface area contributed by atoms with E-state index in [2.05, 4.69) is 70.4 Å². The maximum absolute atomic E-state index is 10.3. The molecule has 0 fully saturated rings. The number of carboxylic acid groups (broad SMARTS) is 3. The van der Waals surface area contributed by atoms with Gasteiger partial charge in [0.2, 0.25) is 0 Å². The number of carbonyl (C=O) groups is 3. The number of benzene rings is 1. The quantitative estimate of drug-likeness (QED) is 0.244. The minimum Gasteiger partial charge on any atom is -0.481 e. The van der Waals surface area contributed by atoms with Gasteiger partial charge in [0.05, 0.1) is 12.8 Å². The van der Waals surface area contributed by atoms with Crippen molar-refractivity contribution in [2.24, 2.45) is 0 Å². The molecule has 0 radical (unpaired) electrons. The van der Waals surface area contributed by atoms with Gasteiger partial charge in [-0.1, -0.05) is 30.3 Å². The van der Waals surface area contributed by atoms with E-state index in [-0.39, 0.29) is 0 Å². The van der Waals surface area contributed by atoms with Crippen molar-refractivity contribution in [2.45, 2.75) is 38.5 Å². The summed E-state index contributed by atoms with van der Waals surface area (Å²) in [5.74, 6) is -4.22. The number of aliphatic hydroxyl groups is 1. The molecule has 0 aliphatic rings. The summed E-state index contributed by atoms with van der Waals surface area (Å²) in [6, 6.07) is 12.6. The van der Waals surface area contributed by atoms with Crippen LogP contribution in [0.25, 0.3) is 11.4 Å². The van der Waals surface area contributed by atoms with Crippen LogP contribution in [0, 0.1) is 6.92 Å². The number of hydrogen-bond acceptors (Lipinski definition) is 9. The molecule has 210 valence electrons. The maximum Gasteiger partial charge on any atom is 0.336 e. The molecule has 0 saturated heterocycles. The van der Waals surface area contributed by atoms with E-state index in [0.717, 1.165) is 43.1 Å². The average molecular weight is 559 g/mol. The molecule has 4 N–H and O–H groups in total. The van der Waals surface area contributed by atoms with Crippen LogP contribution in [0.1, 0.15) is 28.8 Å². The number of aromatic nitrogens is 2. The molecule has 0 aliphatic carbocycles. The molecule has 1 aromatic carbocycles. The Balaban J connectivity index is 0.000000349. The molecule has 0 amide bonds. The zero-order valence-electron chi connectivity index (χ0n) is 22.1. The van der Waals surface area contributed by atoms with Gasteiger partial charge in [-0.25, -0.2) is 14.8 Å². The van der Waals surface area contributed by atoms with Crippen molar-refractivity contribution in [1.29, 1.82) is 0 Å². The number of nitrogens with zero attached hydrogens (tertiary/aromatic N) is 4. The van der Waals surface area contributed by atoms with E-state index >= 15 is 0 Å². The number of likely N-dealkylation sites (N-methyl/N-ethyl adjacent to an activating group) is 1. The number of hydrogen-bond donors (Lipinski definition) is 4. The predicted octanol–water partition coefficient (Wildman–Crippen LogP) is 2.83. The van der Waals surface area contributed by atoms with Crippen LogP contribution in [0.15, 0.2) is 54.2 Å². The molecule has 0 aliphatic heterocycles. The van der Waals surface area contributed by atoms with Gasteiger partial charge >= 0.3 is 17.9 Å². The standard InChI is InChI=1S/C21H26N4S.C6H8O7/c1-17-7-4-5-9-20(17)21-22-13-18(14-23-21)15-25(11-10-24(2)3)16-19-8-6-12-26-19;7-3(8)1-6(13,5(11)12)2-4(9)10/h4-9,12-14H,10-11,15-16H2,1-3H3;13H,1-2H2,(H,7,8)(H,9,10)(H,11,12). The Morgan fingerprint density at radius 3 is 2.00 bits per heavy atom. The summed E-state index contributed by atoms with van der Waals surface area (Å²) in [6.45, 7) is 5.97. The second kappa shape index (κ2) is 15.0. The fourth-order valence-electron chi connectivity index (χ4n) is 3.55. The highest BCUT2D eigenvalue weighted by molar-refractivity contribution is 7.09. The third-order valence-corrected chi connectivity index (χ3v) is 6.47. The third-order valence-electron chi connectivity index (χ3n) is 5.61. The molecule has 2 heterocycles. The van der Waals surface area contributed by atoms with E-state index < -0.39 is 36.4 Å². The zero-order chi connectivity index (χ0) is 29.0. The Kier molecular flexibility index (Phi) is 12.1. The second-order valence-electron chi connectivity index (χ2n) is 9.30. The van der Waals surface area contributed by atoms with Crippen LogP contribution >= 0.6 is 11.3 Å². The fraction of sp³-hybridized carbons (Fsp3) is 0.370. The molecule has 3 aromatic rings. The van der Waals surface area contributed by atoms with Gasteiger partial charge in [-0.2, -0.15) is 0 Å². The van der Waals surface area contributed by atoms with Gasteiger partial charge in [-0.15, -0.1) is 11.3 Å². The Morgan fingerprint density at radius 2 is 1.51 bits per heavy atom. The van der Waals surface area contributed by atoms with Crippen LogP contribution in [0.5, 0.6) is 0 Å². The van der Waals surface area contributed by atoms with E-state index in [4.69, 9.17) is 20.4 Å². The lowest BCUT2D eigenvalue weighted by atomic mass is 9.96. The topological polar surface area (TPSA) is 164 Å². The highest BCUT2D eigenvalue weighted by atomic mass is 32.1. The van der Waals surface area contributed by atoms with Gasteiger partial charge in [0.25, 0.3) is 0 Å². The van der Waals surface area contributed by atoms with E-state index in [1.807, 2.05) is 35.9 Å². The molecular formula is C27H34N4O7S. The van der Waals surface area contributed by atoms with Crippen LogP contribution in [0.2, 0.25) is 0 Å². The molecule has 0 unspecified atom stereocenters. The van der Waals surface area contributed by atoms with Gasteiger partial charge < -0.3 is 25.3 Å². The first-order chi connectivity index (χ1) is 18.4. The summed E-state index contributed by atoms with van der Waals surface area (Å²) >= 11 is 1.81. The number of thiophene rings is 1. The lowest BCUT2D eigenvalue weighted by Gasteiger charge is -2.23. The largest absolute Gasteiger partial charge is 0.481 e. The van der Waals surface area contributed by atoms with E-state index in [9.17, 15) is 14.4 Å². The smallest absolute Gasteiger partial charge is 0.336 e. The summed E-state index contributed by atoms with van der Waals surface area (Å²) in [7, 11) is 4.23. The van der Waals surface area contributed by atoms with Crippen LogP contribution in [-0.4, -0.2) is 90.9 Å². The second-order valence-corrected chi connectivity index (χ2v) is 10.3. The molecule has 3 rings (SSSR count). The Labute approximate surface area is 231 Å². The first kappa shape index (κ1) is 31.5. The highest BCUT2D eigenvalue weighted by Gasteiger charge is 2.40. The fourth-order valence-corrected chi connectivity index (χ4v) is 4.30. The van der Waals surface area contributed by atoms with Crippen molar-refractivity contribution in [3.63, 3.8) is 0 Å². The molecule has 0 bridgehead atoms. The molecule has 11 nitrogen and oxygen atoms in total. The Hall–Kier alpha value is -3.71. The summed E-state index contributed by atoms with van der Waals surface area (Å²) < 4.78 is 0. The van der Waals surface area contributed by atoms with Gasteiger partial charge in [0.1, 0.15) is 0 Å². The SMILES string of the molecule is Cc1ccccc1-c1ncc(CN(CCN(C)C)Cc2cccs2)cn1.O=C(O)CC(O)(CC(=O)O)C(=O)O. The molecule has 12 heteroatoms. The third kappa shape index (κ3) is 10.9. The van der Waals surface area contributed by atoms with Crippen molar-refractivity contribution < 1.29 is 34.8 Å². The van der Waals surface area contributed by atoms with Gasteiger partial charge in [-0.05, 0) is 38.0 Å². The van der Waals surface area contributed by atoms with E-state index in [1.54, 1.807) is 0 Å². The van der Waals surface area contributed by atoms with Crippen molar-refractivity contribution in [1.82, 2.24) is 19.8 Å². The summed E-state index contributed by atoms with van der Waals surface area (Å²) in [6.07, 6.45) is 1.64. The van der Waals surface area contributed by atoms with Gasteiger partial charge in [-0.3, -0.25) is 14.5 Å². The number of aliphatic carboxylic acids is 3. The summed E-state index contributed by atoms with van der Waals surface area (Å²) in [5, 5.41) is 35.9. The normalized spacial score (nSPS) is 11.2. The molecule has 0 spiro atoms. The zero-order valence-corrected chi connectivity index (χ0v) is 23.0. The van der Waals surface area contributed by atoms with Crippen LogP contribution in [0.3, 0.4) is 0 Å². The summed E-state index contributed by atoms with van der Waals surface area (Å²) in [5.41, 5.74) is 0.711. The minimum absolute atomic E-state index is 0.796. The molecular weight excluding hydrogens is 524 g/mol. The molecule has 2 aromatic heterocycles. The highest BCUT2D eigenvalue weighted by Crippen LogP contribution is 2.20. The lowest BCUT2D eigenvalue weighted by Crippen LogP contribution is -2.42. The molecule has 39 heavy (non-hydrogen) atoms. The molecule has 0 saturated carbocycles. The lowest BCUT2D eigenvalue weighted by molar-refractivity contribution is -0.170.